The minimum absolute atomic E-state index is 0.199. The monoisotopic (exact) mass is 261 g/mol. The van der Waals surface area contributed by atoms with Gasteiger partial charge in [-0.2, -0.15) is 0 Å². The number of hydrogen-bond donors (Lipinski definition) is 2. The summed E-state index contributed by atoms with van der Waals surface area (Å²) in [5.74, 6) is 0.199. The van der Waals surface area contributed by atoms with E-state index >= 15 is 0 Å². The first kappa shape index (κ1) is 13.9. The molecule has 0 fully saturated rings. The van der Waals surface area contributed by atoms with Crippen molar-refractivity contribution < 1.29 is 4.79 Å². The van der Waals surface area contributed by atoms with E-state index in [4.69, 9.17) is 5.73 Å². The van der Waals surface area contributed by atoms with Crippen molar-refractivity contribution in [3.05, 3.63) is 23.8 Å². The summed E-state index contributed by atoms with van der Waals surface area (Å²) >= 11 is 0. The summed E-state index contributed by atoms with van der Waals surface area (Å²) in [7, 11) is 1.84. The van der Waals surface area contributed by atoms with E-state index in [1.165, 1.54) is 5.56 Å². The van der Waals surface area contributed by atoms with Crippen molar-refractivity contribution in [3.8, 4) is 0 Å². The SMILES string of the molecule is CC(N)CCCNc1ccc2c(c1)CCC(=O)N2C. The highest BCUT2D eigenvalue weighted by molar-refractivity contribution is 5.96. The fraction of sp³-hybridized carbons (Fsp3) is 0.533. The number of carbonyl (C=O) groups excluding carboxylic acids is 1. The normalized spacial score (nSPS) is 16.2. The predicted molar refractivity (Wildman–Crippen MR) is 79.5 cm³/mol. The fourth-order valence-corrected chi connectivity index (χ4v) is 2.42. The lowest BCUT2D eigenvalue weighted by atomic mass is 10.0. The number of nitrogens with two attached hydrogens (primary N) is 1. The Balaban J connectivity index is 1.96. The summed E-state index contributed by atoms with van der Waals surface area (Å²) in [5.41, 5.74) is 9.15. The standard InChI is InChI=1S/C15H23N3O/c1-11(16)4-3-9-17-13-6-7-14-12(10-13)5-8-15(19)18(14)2/h6-7,10-11,17H,3-5,8-9,16H2,1-2H3. The Morgan fingerprint density at radius 3 is 2.95 bits per heavy atom. The number of rotatable bonds is 5. The summed E-state index contributed by atoms with van der Waals surface area (Å²) in [6.45, 7) is 2.97. The molecular weight excluding hydrogens is 238 g/mol. The lowest BCUT2D eigenvalue weighted by Crippen LogP contribution is -2.31. The van der Waals surface area contributed by atoms with Gasteiger partial charge in [0.25, 0.3) is 0 Å². The van der Waals surface area contributed by atoms with Crippen LogP contribution in [0.3, 0.4) is 0 Å². The predicted octanol–water partition coefficient (Wildman–Crippen LogP) is 2.13. The lowest BCUT2D eigenvalue weighted by Gasteiger charge is -2.26. The van der Waals surface area contributed by atoms with Gasteiger partial charge in [-0.3, -0.25) is 4.79 Å². The summed E-state index contributed by atoms with van der Waals surface area (Å²) in [6, 6.07) is 6.49. The number of hydrogen-bond acceptors (Lipinski definition) is 3. The molecule has 1 unspecified atom stereocenters. The molecule has 4 nitrogen and oxygen atoms in total. The highest BCUT2D eigenvalue weighted by atomic mass is 16.2. The molecule has 0 bridgehead atoms. The highest BCUT2D eigenvalue weighted by Gasteiger charge is 2.20. The van der Waals surface area contributed by atoms with Gasteiger partial charge < -0.3 is 16.0 Å². The van der Waals surface area contributed by atoms with Crippen LogP contribution >= 0.6 is 0 Å². The Hall–Kier alpha value is -1.55. The summed E-state index contributed by atoms with van der Waals surface area (Å²) in [6.07, 6.45) is 3.56. The van der Waals surface area contributed by atoms with Crippen molar-refractivity contribution in [2.75, 3.05) is 23.8 Å². The molecule has 1 aliphatic heterocycles. The van der Waals surface area contributed by atoms with Gasteiger partial charge >= 0.3 is 0 Å². The molecule has 1 aromatic carbocycles. The van der Waals surface area contributed by atoms with E-state index < -0.39 is 0 Å². The quantitative estimate of drug-likeness (QED) is 0.798. The molecular formula is C15H23N3O. The van der Waals surface area contributed by atoms with Crippen LogP contribution in [0.1, 0.15) is 31.7 Å². The number of fused-ring (bicyclic) bond motifs is 1. The van der Waals surface area contributed by atoms with Gasteiger partial charge in [-0.15, -0.1) is 0 Å². The Labute approximate surface area is 115 Å². The fourth-order valence-electron chi connectivity index (χ4n) is 2.42. The van der Waals surface area contributed by atoms with Crippen molar-refractivity contribution in [1.82, 2.24) is 0 Å². The van der Waals surface area contributed by atoms with Gasteiger partial charge in [-0.05, 0) is 49.9 Å². The van der Waals surface area contributed by atoms with Gasteiger partial charge in [0.2, 0.25) is 5.91 Å². The molecule has 0 saturated heterocycles. The summed E-state index contributed by atoms with van der Waals surface area (Å²) < 4.78 is 0. The average Bonchev–Trinajstić information content (AvgIpc) is 2.39. The number of anilines is 2. The second-order valence-corrected chi connectivity index (χ2v) is 5.34. The first-order valence-corrected chi connectivity index (χ1v) is 6.97. The number of nitrogens with one attached hydrogen (secondary N) is 1. The maximum Gasteiger partial charge on any atom is 0.227 e. The molecule has 19 heavy (non-hydrogen) atoms. The molecule has 3 N–H and O–H groups in total. The number of benzene rings is 1. The van der Waals surface area contributed by atoms with Crippen molar-refractivity contribution in [1.29, 1.82) is 0 Å². The Kier molecular flexibility index (Phi) is 4.43. The molecule has 4 heteroatoms. The van der Waals surface area contributed by atoms with Crippen LogP contribution in [0.2, 0.25) is 0 Å². The second-order valence-electron chi connectivity index (χ2n) is 5.34. The zero-order valence-electron chi connectivity index (χ0n) is 11.8. The number of carbonyl (C=O) groups is 1. The van der Waals surface area contributed by atoms with Gasteiger partial charge in [0.1, 0.15) is 0 Å². The van der Waals surface area contributed by atoms with Gasteiger partial charge in [0.15, 0.2) is 0 Å². The van der Waals surface area contributed by atoms with Crippen LogP contribution in [0.5, 0.6) is 0 Å². The molecule has 0 saturated carbocycles. The Morgan fingerprint density at radius 2 is 2.21 bits per heavy atom. The smallest absolute Gasteiger partial charge is 0.227 e. The van der Waals surface area contributed by atoms with Gasteiger partial charge in [0, 0.05) is 37.4 Å². The molecule has 0 radical (unpaired) electrons. The third-order valence-corrected chi connectivity index (χ3v) is 3.59. The first-order valence-electron chi connectivity index (χ1n) is 6.97. The van der Waals surface area contributed by atoms with Crippen LogP contribution < -0.4 is 16.0 Å². The topological polar surface area (TPSA) is 58.4 Å². The third-order valence-electron chi connectivity index (χ3n) is 3.59. The second kappa shape index (κ2) is 6.06. The van der Waals surface area contributed by atoms with E-state index in [-0.39, 0.29) is 11.9 Å². The van der Waals surface area contributed by atoms with Crippen molar-refractivity contribution >= 4 is 17.3 Å². The average molecular weight is 261 g/mol. The summed E-state index contributed by atoms with van der Waals surface area (Å²) in [4.78, 5) is 13.4. The molecule has 1 aliphatic rings. The maximum absolute atomic E-state index is 11.6. The lowest BCUT2D eigenvalue weighted by molar-refractivity contribution is -0.118. The molecule has 104 valence electrons. The van der Waals surface area contributed by atoms with Crippen LogP contribution in [0.15, 0.2) is 18.2 Å². The van der Waals surface area contributed by atoms with Crippen molar-refractivity contribution in [2.45, 2.75) is 38.6 Å². The van der Waals surface area contributed by atoms with Crippen LogP contribution in [0.25, 0.3) is 0 Å². The molecule has 0 aliphatic carbocycles. The van der Waals surface area contributed by atoms with E-state index in [9.17, 15) is 4.79 Å². The van der Waals surface area contributed by atoms with E-state index in [2.05, 4.69) is 11.4 Å². The van der Waals surface area contributed by atoms with E-state index in [0.717, 1.165) is 37.2 Å². The minimum Gasteiger partial charge on any atom is -0.385 e. The van der Waals surface area contributed by atoms with Gasteiger partial charge in [-0.25, -0.2) is 0 Å². The van der Waals surface area contributed by atoms with Crippen molar-refractivity contribution in [3.63, 3.8) is 0 Å². The molecule has 0 aromatic heterocycles. The van der Waals surface area contributed by atoms with Crippen LogP contribution in [-0.4, -0.2) is 25.5 Å². The zero-order valence-corrected chi connectivity index (χ0v) is 11.8. The first-order chi connectivity index (χ1) is 9.08. The molecule has 0 spiro atoms. The molecule has 1 atom stereocenters. The number of aryl methyl sites for hydroxylation is 1. The maximum atomic E-state index is 11.6. The van der Waals surface area contributed by atoms with Gasteiger partial charge in [0.05, 0.1) is 0 Å². The number of amides is 1. The van der Waals surface area contributed by atoms with E-state index in [0.29, 0.717) is 6.42 Å². The van der Waals surface area contributed by atoms with Crippen LogP contribution in [0.4, 0.5) is 11.4 Å². The highest BCUT2D eigenvalue weighted by Crippen LogP contribution is 2.29. The molecule has 1 aromatic rings. The van der Waals surface area contributed by atoms with Crippen molar-refractivity contribution in [2.24, 2.45) is 5.73 Å². The molecule has 1 amide bonds. The molecule has 1 heterocycles. The minimum atomic E-state index is 0.199. The zero-order chi connectivity index (χ0) is 13.8. The summed E-state index contributed by atoms with van der Waals surface area (Å²) in [5, 5.41) is 3.42. The van der Waals surface area contributed by atoms with Crippen LogP contribution in [-0.2, 0) is 11.2 Å². The Bertz CT molecular complexity index is 457. The van der Waals surface area contributed by atoms with Gasteiger partial charge in [-0.1, -0.05) is 0 Å². The number of nitrogens with zero attached hydrogens (tertiary/aromatic N) is 1. The largest absolute Gasteiger partial charge is 0.385 e. The van der Waals surface area contributed by atoms with Crippen LogP contribution in [0, 0.1) is 0 Å². The third kappa shape index (κ3) is 3.47. The van der Waals surface area contributed by atoms with E-state index in [1.807, 2.05) is 26.1 Å². The Morgan fingerprint density at radius 1 is 1.42 bits per heavy atom. The van der Waals surface area contributed by atoms with E-state index in [1.54, 1.807) is 4.90 Å². The molecule has 2 rings (SSSR count).